The lowest BCUT2D eigenvalue weighted by atomic mass is 10.2. The van der Waals surface area contributed by atoms with Crippen LogP contribution in [0.2, 0.25) is 0 Å². The fourth-order valence-corrected chi connectivity index (χ4v) is 3.64. The summed E-state index contributed by atoms with van der Waals surface area (Å²) < 4.78 is 2.33. The Morgan fingerprint density at radius 1 is 1.20 bits per heavy atom. The molecule has 0 aliphatic carbocycles. The Bertz CT molecular complexity index is 546. The third-order valence-corrected chi connectivity index (χ3v) is 5.05. The van der Waals surface area contributed by atoms with Gasteiger partial charge >= 0.3 is 0 Å². The maximum Gasteiger partial charge on any atom is 0.149 e. The number of nitrogens with one attached hydrogen (secondary N) is 1. The zero-order chi connectivity index (χ0) is 13.9. The van der Waals surface area contributed by atoms with E-state index >= 15 is 0 Å². The zero-order valence-corrected chi connectivity index (χ0v) is 13.0. The van der Waals surface area contributed by atoms with Gasteiger partial charge in [-0.05, 0) is 38.1 Å². The van der Waals surface area contributed by atoms with Crippen molar-refractivity contribution in [3.63, 3.8) is 0 Å². The van der Waals surface area contributed by atoms with Gasteiger partial charge in [-0.2, -0.15) is 0 Å². The van der Waals surface area contributed by atoms with E-state index in [1.165, 1.54) is 24.1 Å². The first-order valence-electron chi connectivity index (χ1n) is 7.47. The number of rotatable bonds is 4. The summed E-state index contributed by atoms with van der Waals surface area (Å²) in [4.78, 5) is 1.37. The van der Waals surface area contributed by atoms with Crippen LogP contribution in [-0.4, -0.2) is 14.8 Å². The molecule has 2 aromatic heterocycles. The summed E-state index contributed by atoms with van der Waals surface area (Å²) >= 11 is 1.80. The monoisotopic (exact) mass is 290 g/mol. The Morgan fingerprint density at radius 2 is 2.10 bits per heavy atom. The summed E-state index contributed by atoms with van der Waals surface area (Å²) in [5.74, 6) is 2.25. The van der Waals surface area contributed by atoms with Crippen LogP contribution in [0, 0.1) is 0 Å². The number of aryl methyl sites for hydroxylation is 1. The van der Waals surface area contributed by atoms with E-state index in [-0.39, 0.29) is 6.04 Å². The van der Waals surface area contributed by atoms with Gasteiger partial charge in [0.25, 0.3) is 0 Å². The highest BCUT2D eigenvalue weighted by atomic mass is 32.1. The molecule has 0 amide bonds. The Kier molecular flexibility index (Phi) is 4.17. The number of hydrogen-bond acceptors (Lipinski definition) is 4. The summed E-state index contributed by atoms with van der Waals surface area (Å²) in [6.07, 6.45) is 4.85. The van der Waals surface area contributed by atoms with Gasteiger partial charge in [0, 0.05) is 23.9 Å². The molecule has 3 heterocycles. The molecule has 2 unspecified atom stereocenters. The van der Waals surface area contributed by atoms with Crippen molar-refractivity contribution in [3.05, 3.63) is 34.0 Å². The van der Waals surface area contributed by atoms with Gasteiger partial charge in [-0.1, -0.05) is 12.5 Å². The van der Waals surface area contributed by atoms with Crippen LogP contribution in [0.1, 0.15) is 61.7 Å². The average Bonchev–Trinajstić information content (AvgIpc) is 3.04. The van der Waals surface area contributed by atoms with E-state index < -0.39 is 0 Å². The molecule has 0 spiro atoms. The average molecular weight is 290 g/mol. The second kappa shape index (κ2) is 6.06. The molecule has 1 N–H and O–H groups in total. The van der Waals surface area contributed by atoms with Crippen molar-refractivity contribution in [3.8, 4) is 0 Å². The standard InChI is InChI=1S/C15H22N4S/c1-11(13-7-6-10-20-13)16-12(2)15-18-17-14-8-4-3-5-9-19(14)15/h6-7,10-12,16H,3-5,8-9H2,1-2H3. The van der Waals surface area contributed by atoms with Crippen molar-refractivity contribution in [2.75, 3.05) is 0 Å². The second-order valence-corrected chi connectivity index (χ2v) is 6.54. The van der Waals surface area contributed by atoms with Crippen LogP contribution in [-0.2, 0) is 13.0 Å². The van der Waals surface area contributed by atoms with Gasteiger partial charge in [0.2, 0.25) is 0 Å². The molecule has 3 rings (SSSR count). The first kappa shape index (κ1) is 13.8. The highest BCUT2D eigenvalue weighted by Crippen LogP contribution is 2.23. The van der Waals surface area contributed by atoms with Gasteiger partial charge in [-0.25, -0.2) is 0 Å². The Hall–Kier alpha value is -1.20. The Labute approximate surface area is 124 Å². The summed E-state index contributed by atoms with van der Waals surface area (Å²) in [5.41, 5.74) is 0. The molecule has 2 aromatic rings. The van der Waals surface area contributed by atoms with Crippen LogP contribution in [0.5, 0.6) is 0 Å². The van der Waals surface area contributed by atoms with Crippen LogP contribution < -0.4 is 5.32 Å². The molecule has 108 valence electrons. The van der Waals surface area contributed by atoms with Gasteiger partial charge in [0.05, 0.1) is 6.04 Å². The first-order chi connectivity index (χ1) is 9.75. The lowest BCUT2D eigenvalue weighted by molar-refractivity contribution is 0.457. The van der Waals surface area contributed by atoms with E-state index in [1.54, 1.807) is 11.3 Å². The molecule has 0 fully saturated rings. The zero-order valence-electron chi connectivity index (χ0n) is 12.2. The van der Waals surface area contributed by atoms with Gasteiger partial charge in [0.1, 0.15) is 11.6 Å². The molecule has 1 aliphatic rings. The predicted octanol–water partition coefficient (Wildman–Crippen LogP) is 3.48. The third kappa shape index (κ3) is 2.79. The number of hydrogen-bond donors (Lipinski definition) is 1. The summed E-state index contributed by atoms with van der Waals surface area (Å²) in [5, 5.41) is 14.6. The molecule has 0 saturated carbocycles. The van der Waals surface area contributed by atoms with Crippen molar-refractivity contribution < 1.29 is 0 Å². The molecule has 5 heteroatoms. The molecule has 2 atom stereocenters. The first-order valence-corrected chi connectivity index (χ1v) is 8.35. The van der Waals surface area contributed by atoms with Gasteiger partial charge in [0.15, 0.2) is 0 Å². The minimum absolute atomic E-state index is 0.228. The van der Waals surface area contributed by atoms with Crippen molar-refractivity contribution in [1.29, 1.82) is 0 Å². The molecule has 0 aromatic carbocycles. The number of nitrogens with zero attached hydrogens (tertiary/aromatic N) is 3. The van der Waals surface area contributed by atoms with E-state index in [2.05, 4.69) is 51.4 Å². The molecule has 0 bridgehead atoms. The fourth-order valence-electron chi connectivity index (χ4n) is 2.90. The summed E-state index contributed by atoms with van der Waals surface area (Å²) in [6, 6.07) is 4.86. The number of thiophene rings is 1. The van der Waals surface area contributed by atoms with Crippen molar-refractivity contribution in [2.45, 2.75) is 58.2 Å². The maximum absolute atomic E-state index is 4.43. The topological polar surface area (TPSA) is 42.7 Å². The third-order valence-electron chi connectivity index (χ3n) is 4.00. The van der Waals surface area contributed by atoms with E-state index in [1.807, 2.05) is 0 Å². The van der Waals surface area contributed by atoms with Crippen LogP contribution in [0.15, 0.2) is 17.5 Å². The van der Waals surface area contributed by atoms with Gasteiger partial charge in [-0.3, -0.25) is 0 Å². The van der Waals surface area contributed by atoms with E-state index in [0.717, 1.165) is 24.6 Å². The molecule has 20 heavy (non-hydrogen) atoms. The smallest absolute Gasteiger partial charge is 0.149 e. The Balaban J connectivity index is 1.74. The molecule has 1 aliphatic heterocycles. The fraction of sp³-hybridized carbons (Fsp3) is 0.600. The van der Waals surface area contributed by atoms with Crippen LogP contribution in [0.3, 0.4) is 0 Å². The normalized spacial score (nSPS) is 18.3. The quantitative estimate of drug-likeness (QED) is 0.937. The highest BCUT2D eigenvalue weighted by molar-refractivity contribution is 7.10. The van der Waals surface area contributed by atoms with Crippen molar-refractivity contribution >= 4 is 11.3 Å². The molecular formula is C15H22N4S. The molecule has 4 nitrogen and oxygen atoms in total. The van der Waals surface area contributed by atoms with E-state index in [4.69, 9.17) is 0 Å². The van der Waals surface area contributed by atoms with E-state index in [9.17, 15) is 0 Å². The van der Waals surface area contributed by atoms with Crippen molar-refractivity contribution in [1.82, 2.24) is 20.1 Å². The summed E-state index contributed by atoms with van der Waals surface area (Å²) in [6.45, 7) is 5.46. The lowest BCUT2D eigenvalue weighted by Crippen LogP contribution is -2.25. The number of aromatic nitrogens is 3. The van der Waals surface area contributed by atoms with Gasteiger partial charge < -0.3 is 9.88 Å². The molecule has 0 saturated heterocycles. The van der Waals surface area contributed by atoms with Crippen LogP contribution in [0.4, 0.5) is 0 Å². The Morgan fingerprint density at radius 3 is 2.90 bits per heavy atom. The summed E-state index contributed by atoms with van der Waals surface area (Å²) in [7, 11) is 0. The minimum Gasteiger partial charge on any atom is -0.314 e. The number of fused-ring (bicyclic) bond motifs is 1. The lowest BCUT2D eigenvalue weighted by Gasteiger charge is -2.19. The van der Waals surface area contributed by atoms with Crippen LogP contribution in [0.25, 0.3) is 0 Å². The maximum atomic E-state index is 4.43. The van der Waals surface area contributed by atoms with E-state index in [0.29, 0.717) is 6.04 Å². The second-order valence-electron chi connectivity index (χ2n) is 5.56. The molecule has 0 radical (unpaired) electrons. The van der Waals surface area contributed by atoms with Crippen LogP contribution >= 0.6 is 11.3 Å². The van der Waals surface area contributed by atoms with Gasteiger partial charge in [-0.15, -0.1) is 21.5 Å². The predicted molar refractivity (Wildman–Crippen MR) is 81.9 cm³/mol. The highest BCUT2D eigenvalue weighted by Gasteiger charge is 2.20. The molecular weight excluding hydrogens is 268 g/mol. The van der Waals surface area contributed by atoms with Crippen molar-refractivity contribution in [2.24, 2.45) is 0 Å². The minimum atomic E-state index is 0.228. The SMILES string of the molecule is CC(NC(C)c1nnc2n1CCCCC2)c1cccs1. The largest absolute Gasteiger partial charge is 0.314 e.